The maximum Gasteiger partial charge on any atom is 0.222 e. The summed E-state index contributed by atoms with van der Waals surface area (Å²) in [5.74, 6) is 0.110. The van der Waals surface area contributed by atoms with Crippen LogP contribution in [0.2, 0.25) is 0 Å². The first-order valence-corrected chi connectivity index (χ1v) is 6.92. The molecule has 3 atom stereocenters. The molecule has 2 rings (SSSR count). The minimum atomic E-state index is 0.110. The van der Waals surface area contributed by atoms with Crippen molar-refractivity contribution in [2.75, 3.05) is 6.61 Å². The van der Waals surface area contributed by atoms with Crippen molar-refractivity contribution in [3.05, 3.63) is 0 Å². The van der Waals surface area contributed by atoms with Gasteiger partial charge in [0, 0.05) is 18.7 Å². The minimum Gasteiger partial charge on any atom is -0.378 e. The smallest absolute Gasteiger partial charge is 0.222 e. The summed E-state index contributed by atoms with van der Waals surface area (Å²) in [7, 11) is 0. The van der Waals surface area contributed by atoms with Crippen molar-refractivity contribution in [2.24, 2.45) is 5.73 Å². The van der Waals surface area contributed by atoms with E-state index in [1.165, 1.54) is 19.3 Å². The summed E-state index contributed by atoms with van der Waals surface area (Å²) in [4.78, 5) is 11.9. The first-order chi connectivity index (χ1) is 8.25. The third-order valence-corrected chi connectivity index (χ3v) is 3.85. The molecule has 0 radical (unpaired) electrons. The molecule has 0 spiro atoms. The molecule has 0 bridgehead atoms. The molecule has 2 fully saturated rings. The van der Waals surface area contributed by atoms with Gasteiger partial charge in [0.15, 0.2) is 0 Å². The number of hydrogen-bond donors (Lipinski definition) is 2. The van der Waals surface area contributed by atoms with Crippen LogP contribution in [0, 0.1) is 0 Å². The van der Waals surface area contributed by atoms with E-state index in [1.54, 1.807) is 0 Å². The summed E-state index contributed by atoms with van der Waals surface area (Å²) >= 11 is 0. The monoisotopic (exact) mass is 240 g/mol. The van der Waals surface area contributed by atoms with E-state index >= 15 is 0 Å². The molecule has 1 heterocycles. The normalized spacial score (nSPS) is 34.3. The number of carbonyl (C=O) groups excluding carboxylic acids is 1. The molecule has 1 saturated heterocycles. The minimum absolute atomic E-state index is 0.110. The highest BCUT2D eigenvalue weighted by atomic mass is 16.5. The molecule has 3 N–H and O–H groups in total. The fourth-order valence-corrected chi connectivity index (χ4v) is 2.78. The Kier molecular flexibility index (Phi) is 4.80. The molecule has 0 aromatic rings. The van der Waals surface area contributed by atoms with E-state index in [9.17, 15) is 4.79 Å². The highest BCUT2D eigenvalue weighted by Gasteiger charge is 2.25. The largest absolute Gasteiger partial charge is 0.378 e. The van der Waals surface area contributed by atoms with Crippen molar-refractivity contribution in [3.63, 3.8) is 0 Å². The summed E-state index contributed by atoms with van der Waals surface area (Å²) in [5.41, 5.74) is 6.01. The van der Waals surface area contributed by atoms with Crippen LogP contribution >= 0.6 is 0 Å². The topological polar surface area (TPSA) is 64.3 Å². The molecule has 17 heavy (non-hydrogen) atoms. The standard InChI is InChI=1S/C13H24N2O2/c14-11-6-1-2-7-12(11)15-13(16)9-10-5-3-4-8-17-10/h10-12H,1-9,14H2,(H,15,16). The van der Waals surface area contributed by atoms with E-state index < -0.39 is 0 Å². The van der Waals surface area contributed by atoms with Gasteiger partial charge in [0.2, 0.25) is 5.91 Å². The molecule has 0 aromatic heterocycles. The Morgan fingerprint density at radius 1 is 1.18 bits per heavy atom. The van der Waals surface area contributed by atoms with Crippen molar-refractivity contribution in [1.29, 1.82) is 0 Å². The number of rotatable bonds is 3. The Morgan fingerprint density at radius 3 is 2.65 bits per heavy atom. The highest BCUT2D eigenvalue weighted by molar-refractivity contribution is 5.76. The molecule has 4 nitrogen and oxygen atoms in total. The first kappa shape index (κ1) is 12.8. The molecule has 1 amide bonds. The highest BCUT2D eigenvalue weighted by Crippen LogP contribution is 2.18. The van der Waals surface area contributed by atoms with Crippen molar-refractivity contribution >= 4 is 5.91 Å². The van der Waals surface area contributed by atoms with Gasteiger partial charge in [-0.2, -0.15) is 0 Å². The lowest BCUT2D eigenvalue weighted by Crippen LogP contribution is -2.49. The first-order valence-electron chi connectivity index (χ1n) is 6.92. The lowest BCUT2D eigenvalue weighted by Gasteiger charge is -2.30. The number of ether oxygens (including phenoxy) is 1. The zero-order chi connectivity index (χ0) is 12.1. The Hall–Kier alpha value is -0.610. The fourth-order valence-electron chi connectivity index (χ4n) is 2.78. The van der Waals surface area contributed by atoms with Crippen LogP contribution in [0.4, 0.5) is 0 Å². The van der Waals surface area contributed by atoms with Gasteiger partial charge in [-0.1, -0.05) is 12.8 Å². The molecule has 1 aliphatic carbocycles. The SMILES string of the molecule is NC1CCCCC1NC(=O)CC1CCCCO1. The van der Waals surface area contributed by atoms with Crippen LogP contribution in [0.1, 0.15) is 51.4 Å². The maximum absolute atomic E-state index is 11.9. The van der Waals surface area contributed by atoms with Gasteiger partial charge in [0.05, 0.1) is 12.5 Å². The van der Waals surface area contributed by atoms with E-state index in [2.05, 4.69) is 5.32 Å². The number of hydrogen-bond acceptors (Lipinski definition) is 3. The van der Waals surface area contributed by atoms with Crippen LogP contribution in [0.25, 0.3) is 0 Å². The van der Waals surface area contributed by atoms with Crippen LogP contribution < -0.4 is 11.1 Å². The van der Waals surface area contributed by atoms with Gasteiger partial charge in [-0.15, -0.1) is 0 Å². The summed E-state index contributed by atoms with van der Waals surface area (Å²) in [5, 5.41) is 3.07. The Labute approximate surface area is 103 Å². The number of amides is 1. The van der Waals surface area contributed by atoms with Gasteiger partial charge in [0.25, 0.3) is 0 Å². The fraction of sp³-hybridized carbons (Fsp3) is 0.923. The van der Waals surface area contributed by atoms with Crippen LogP contribution in [0.5, 0.6) is 0 Å². The van der Waals surface area contributed by atoms with Crippen molar-refractivity contribution < 1.29 is 9.53 Å². The van der Waals surface area contributed by atoms with Crippen molar-refractivity contribution in [3.8, 4) is 0 Å². The van der Waals surface area contributed by atoms with Gasteiger partial charge in [0.1, 0.15) is 0 Å². The average Bonchev–Trinajstić information content (AvgIpc) is 2.33. The molecular weight excluding hydrogens is 216 g/mol. The maximum atomic E-state index is 11.9. The number of nitrogens with two attached hydrogens (primary N) is 1. The molecule has 1 aliphatic heterocycles. The summed E-state index contributed by atoms with van der Waals surface area (Å²) in [6.07, 6.45) is 8.39. The zero-order valence-corrected chi connectivity index (χ0v) is 10.5. The van der Waals surface area contributed by atoms with Crippen LogP contribution in [0.15, 0.2) is 0 Å². The van der Waals surface area contributed by atoms with Gasteiger partial charge in [-0.3, -0.25) is 4.79 Å². The Morgan fingerprint density at radius 2 is 1.94 bits per heavy atom. The Bertz CT molecular complexity index is 252. The van der Waals surface area contributed by atoms with Gasteiger partial charge >= 0.3 is 0 Å². The molecule has 4 heteroatoms. The van der Waals surface area contributed by atoms with E-state index in [0.29, 0.717) is 6.42 Å². The molecular formula is C13H24N2O2. The van der Waals surface area contributed by atoms with Gasteiger partial charge in [-0.05, 0) is 32.1 Å². The van der Waals surface area contributed by atoms with Crippen molar-refractivity contribution in [1.82, 2.24) is 5.32 Å². The second-order valence-electron chi connectivity index (χ2n) is 5.32. The zero-order valence-electron chi connectivity index (χ0n) is 10.5. The molecule has 0 aromatic carbocycles. The van der Waals surface area contributed by atoms with E-state index in [-0.39, 0.29) is 24.1 Å². The average molecular weight is 240 g/mol. The van der Waals surface area contributed by atoms with Crippen LogP contribution in [0.3, 0.4) is 0 Å². The van der Waals surface area contributed by atoms with E-state index in [4.69, 9.17) is 10.5 Å². The quantitative estimate of drug-likeness (QED) is 0.782. The molecule has 2 aliphatic rings. The van der Waals surface area contributed by atoms with Crippen LogP contribution in [-0.2, 0) is 9.53 Å². The summed E-state index contributed by atoms with van der Waals surface area (Å²) in [6, 6.07) is 0.319. The lowest BCUT2D eigenvalue weighted by molar-refractivity contribution is -0.125. The second kappa shape index (κ2) is 6.36. The second-order valence-corrected chi connectivity index (χ2v) is 5.32. The van der Waals surface area contributed by atoms with Gasteiger partial charge in [-0.25, -0.2) is 0 Å². The van der Waals surface area contributed by atoms with E-state index in [0.717, 1.165) is 32.3 Å². The number of nitrogens with one attached hydrogen (secondary N) is 1. The van der Waals surface area contributed by atoms with Crippen LogP contribution in [-0.4, -0.2) is 30.7 Å². The Balaban J connectivity index is 1.72. The summed E-state index contributed by atoms with van der Waals surface area (Å²) < 4.78 is 5.57. The third kappa shape index (κ3) is 3.96. The molecule has 3 unspecified atom stereocenters. The number of carbonyl (C=O) groups is 1. The van der Waals surface area contributed by atoms with E-state index in [1.807, 2.05) is 0 Å². The predicted octanol–water partition coefficient (Wildman–Crippen LogP) is 1.33. The van der Waals surface area contributed by atoms with Crippen molar-refractivity contribution in [2.45, 2.75) is 69.6 Å². The summed E-state index contributed by atoms with van der Waals surface area (Å²) in [6.45, 7) is 0.806. The lowest BCUT2D eigenvalue weighted by atomic mass is 9.91. The predicted molar refractivity (Wildman–Crippen MR) is 66.6 cm³/mol. The third-order valence-electron chi connectivity index (χ3n) is 3.85. The molecule has 98 valence electrons. The van der Waals surface area contributed by atoms with Gasteiger partial charge < -0.3 is 15.8 Å². The molecule has 1 saturated carbocycles.